The molecule has 22 heavy (non-hydrogen) atoms. The number of thioether (sulfide) groups is 2. The van der Waals surface area contributed by atoms with Crippen LogP contribution in [-0.2, 0) is 4.43 Å². The maximum atomic E-state index is 10.1. The van der Waals surface area contributed by atoms with Gasteiger partial charge in [0.25, 0.3) is 0 Å². The van der Waals surface area contributed by atoms with Gasteiger partial charge in [-0.15, -0.1) is 35.1 Å². The average Bonchev–Trinajstić information content (AvgIpc) is 2.37. The number of alkyl halides is 1. The maximum Gasteiger partial charge on any atom is 0.192 e. The van der Waals surface area contributed by atoms with Crippen LogP contribution in [0.15, 0.2) is 0 Å². The van der Waals surface area contributed by atoms with Crippen LogP contribution in [0.5, 0.6) is 0 Å². The molecule has 2 atom stereocenters. The monoisotopic (exact) mass is 384 g/mol. The first-order valence-electron chi connectivity index (χ1n) is 8.21. The topological polar surface area (TPSA) is 29.5 Å². The van der Waals surface area contributed by atoms with Gasteiger partial charge in [0.1, 0.15) is 0 Å². The van der Waals surface area contributed by atoms with E-state index in [0.717, 1.165) is 12.8 Å². The molecule has 1 saturated heterocycles. The summed E-state index contributed by atoms with van der Waals surface area (Å²) in [7, 11) is -1.74. The average molecular weight is 385 g/mol. The minimum atomic E-state index is -1.74. The molecule has 1 aliphatic heterocycles. The molecule has 0 radical (unpaired) electrons. The third-order valence-corrected chi connectivity index (χ3v) is 13.0. The molecule has 1 N–H and O–H groups in total. The summed E-state index contributed by atoms with van der Waals surface area (Å²) in [4.78, 5) is 0. The Balaban J connectivity index is 2.73. The van der Waals surface area contributed by atoms with E-state index < -0.39 is 14.4 Å². The van der Waals surface area contributed by atoms with Gasteiger partial charge in [-0.25, -0.2) is 0 Å². The lowest BCUT2D eigenvalue weighted by Gasteiger charge is -2.43. The first-order valence-corrected chi connectivity index (χ1v) is 13.6. The van der Waals surface area contributed by atoms with Crippen LogP contribution in [0.2, 0.25) is 18.1 Å². The number of hydrogen-bond donors (Lipinski definition) is 1. The fourth-order valence-corrected chi connectivity index (χ4v) is 7.72. The van der Waals surface area contributed by atoms with Crippen LogP contribution in [0.25, 0.3) is 0 Å². The molecule has 1 fully saturated rings. The molecule has 132 valence electrons. The lowest BCUT2D eigenvalue weighted by molar-refractivity contribution is 0.155. The number of rotatable bonds is 7. The molecule has 0 bridgehead atoms. The smallest absolute Gasteiger partial charge is 0.192 e. The van der Waals surface area contributed by atoms with Crippen molar-refractivity contribution in [3.8, 4) is 0 Å². The van der Waals surface area contributed by atoms with Gasteiger partial charge in [0.15, 0.2) is 8.32 Å². The Morgan fingerprint density at radius 3 is 2.23 bits per heavy atom. The van der Waals surface area contributed by atoms with Gasteiger partial charge in [0, 0.05) is 12.0 Å². The molecule has 1 rings (SSSR count). The molecule has 0 amide bonds. The molecular weight excluding hydrogens is 352 g/mol. The number of aliphatic hydroxyl groups is 1. The normalized spacial score (nSPS) is 22.4. The highest BCUT2D eigenvalue weighted by Crippen LogP contribution is 2.49. The van der Waals surface area contributed by atoms with Gasteiger partial charge in [-0.3, -0.25) is 0 Å². The zero-order chi connectivity index (χ0) is 17.0. The van der Waals surface area contributed by atoms with Gasteiger partial charge in [0.2, 0.25) is 0 Å². The minimum absolute atomic E-state index is 0.0638. The van der Waals surface area contributed by atoms with Gasteiger partial charge in [-0.1, -0.05) is 20.8 Å². The van der Waals surface area contributed by atoms with Gasteiger partial charge >= 0.3 is 0 Å². The molecule has 0 aromatic rings. The molecule has 0 saturated carbocycles. The van der Waals surface area contributed by atoms with Crippen LogP contribution >= 0.6 is 35.1 Å². The lowest BCUT2D eigenvalue weighted by Crippen LogP contribution is -2.45. The van der Waals surface area contributed by atoms with Crippen LogP contribution in [0.4, 0.5) is 0 Å². The van der Waals surface area contributed by atoms with E-state index in [9.17, 15) is 5.11 Å². The quantitative estimate of drug-likeness (QED) is 0.473. The predicted molar refractivity (Wildman–Crippen MR) is 106 cm³/mol. The highest BCUT2D eigenvalue weighted by atomic mass is 35.5. The third kappa shape index (κ3) is 6.21. The van der Waals surface area contributed by atoms with Crippen LogP contribution in [0.3, 0.4) is 0 Å². The highest BCUT2D eigenvalue weighted by Gasteiger charge is 2.42. The SMILES string of the molecule is C[C@@H](CC1(C[C@H](O)CCl)SCCCS1)O[Si](C)(C)C(C)(C)C. The van der Waals surface area contributed by atoms with E-state index in [0.29, 0.717) is 5.88 Å². The van der Waals surface area contributed by atoms with Gasteiger partial charge < -0.3 is 9.53 Å². The highest BCUT2D eigenvalue weighted by molar-refractivity contribution is 8.18. The van der Waals surface area contributed by atoms with Crippen molar-refractivity contribution in [3.05, 3.63) is 0 Å². The number of halogens is 1. The molecule has 6 heteroatoms. The van der Waals surface area contributed by atoms with E-state index in [4.69, 9.17) is 16.0 Å². The standard InChI is InChI=1S/C16H33ClO2S2Si/c1-13(19-22(5,6)15(2,3)4)10-16(11-14(18)12-17)20-8-7-9-21-16/h13-14,18H,7-12H2,1-6H3/t13-,14-/m0/s1. The summed E-state index contributed by atoms with van der Waals surface area (Å²) in [6.45, 7) is 13.7. The van der Waals surface area contributed by atoms with Crippen molar-refractivity contribution in [1.29, 1.82) is 0 Å². The zero-order valence-electron chi connectivity index (χ0n) is 14.9. The van der Waals surface area contributed by atoms with Crippen molar-refractivity contribution >= 4 is 43.4 Å². The van der Waals surface area contributed by atoms with Crippen molar-refractivity contribution in [3.63, 3.8) is 0 Å². The van der Waals surface area contributed by atoms with Crippen molar-refractivity contribution in [2.24, 2.45) is 0 Å². The molecule has 0 aromatic heterocycles. The van der Waals surface area contributed by atoms with E-state index in [2.05, 4.69) is 40.8 Å². The second-order valence-corrected chi connectivity index (χ2v) is 16.1. The Kier molecular flexibility index (Phi) is 8.16. The molecular formula is C16H33ClO2S2Si. The fraction of sp³-hybridized carbons (Fsp3) is 1.00. The van der Waals surface area contributed by atoms with E-state index in [-0.39, 0.29) is 15.2 Å². The summed E-state index contributed by atoms with van der Waals surface area (Å²) in [6.07, 6.45) is 2.81. The lowest BCUT2D eigenvalue weighted by atomic mass is 10.1. The van der Waals surface area contributed by atoms with Crippen molar-refractivity contribution in [2.75, 3.05) is 17.4 Å². The Morgan fingerprint density at radius 1 is 1.23 bits per heavy atom. The summed E-state index contributed by atoms with van der Waals surface area (Å²) < 4.78 is 6.61. The zero-order valence-corrected chi connectivity index (χ0v) is 18.3. The maximum absolute atomic E-state index is 10.1. The van der Waals surface area contributed by atoms with E-state index in [1.807, 2.05) is 23.5 Å². The van der Waals surface area contributed by atoms with Gasteiger partial charge in [0.05, 0.1) is 10.2 Å². The number of aliphatic hydroxyl groups excluding tert-OH is 1. The van der Waals surface area contributed by atoms with Crippen molar-refractivity contribution in [1.82, 2.24) is 0 Å². The Labute approximate surface area is 151 Å². The summed E-state index contributed by atoms with van der Waals surface area (Å²) in [6, 6.07) is 0. The Morgan fingerprint density at radius 2 is 1.77 bits per heavy atom. The molecule has 0 aliphatic carbocycles. The molecule has 1 heterocycles. The second-order valence-electron chi connectivity index (χ2n) is 7.87. The second kappa shape index (κ2) is 8.48. The predicted octanol–water partition coefficient (Wildman–Crippen LogP) is 5.34. The van der Waals surface area contributed by atoms with Gasteiger partial charge in [-0.2, -0.15) is 0 Å². The summed E-state index contributed by atoms with van der Waals surface area (Å²) in [5, 5.41) is 10.3. The Hall–Kier alpha value is 1.13. The Bertz CT molecular complexity index is 342. The van der Waals surface area contributed by atoms with Crippen molar-refractivity contribution in [2.45, 2.75) is 81.4 Å². The van der Waals surface area contributed by atoms with Crippen LogP contribution in [-0.4, -0.2) is 47.1 Å². The first-order chi connectivity index (χ1) is 10.0. The van der Waals surface area contributed by atoms with E-state index in [1.54, 1.807) is 0 Å². The minimum Gasteiger partial charge on any atom is -0.414 e. The fourth-order valence-electron chi connectivity index (χ4n) is 2.51. The molecule has 0 aromatic carbocycles. The molecule has 0 spiro atoms. The van der Waals surface area contributed by atoms with Gasteiger partial charge in [-0.05, 0) is 55.8 Å². The van der Waals surface area contributed by atoms with Crippen molar-refractivity contribution < 1.29 is 9.53 Å². The van der Waals surface area contributed by atoms with E-state index >= 15 is 0 Å². The third-order valence-electron chi connectivity index (χ3n) is 4.64. The summed E-state index contributed by atoms with van der Waals surface area (Å²) >= 11 is 9.84. The molecule has 1 aliphatic rings. The largest absolute Gasteiger partial charge is 0.414 e. The van der Waals surface area contributed by atoms with Crippen LogP contribution in [0.1, 0.15) is 47.0 Å². The summed E-state index contributed by atoms with van der Waals surface area (Å²) in [5.41, 5.74) is 0. The summed E-state index contributed by atoms with van der Waals surface area (Å²) in [5.74, 6) is 2.67. The van der Waals surface area contributed by atoms with E-state index in [1.165, 1.54) is 17.9 Å². The molecule has 0 unspecified atom stereocenters. The van der Waals surface area contributed by atoms with Crippen LogP contribution in [0, 0.1) is 0 Å². The van der Waals surface area contributed by atoms with Crippen LogP contribution < -0.4 is 0 Å². The first kappa shape index (κ1) is 21.2. The molecule has 2 nitrogen and oxygen atoms in total. The number of hydrogen-bond acceptors (Lipinski definition) is 4.